The van der Waals surface area contributed by atoms with Crippen LogP contribution >= 0.6 is 0 Å². The van der Waals surface area contributed by atoms with Crippen molar-refractivity contribution in [3.8, 4) is 11.5 Å². The molecule has 0 radical (unpaired) electrons. The summed E-state index contributed by atoms with van der Waals surface area (Å²) < 4.78 is 16.5. The molecule has 2 aromatic carbocycles. The fourth-order valence-electron chi connectivity index (χ4n) is 4.06. The van der Waals surface area contributed by atoms with Crippen LogP contribution < -0.4 is 9.47 Å². The maximum atomic E-state index is 13.2. The fourth-order valence-corrected chi connectivity index (χ4v) is 4.06. The summed E-state index contributed by atoms with van der Waals surface area (Å²) in [5, 5.41) is 11.3. The lowest BCUT2D eigenvalue weighted by Gasteiger charge is -2.23. The van der Waals surface area contributed by atoms with Gasteiger partial charge in [0.05, 0.1) is 25.4 Å². The second kappa shape index (κ2) is 8.86. The number of hydrogen-bond donors (Lipinski definition) is 1. The molecule has 7 nitrogen and oxygen atoms in total. The zero-order valence-electron chi connectivity index (χ0n) is 18.9. The number of methoxy groups -OCH3 is 2. The van der Waals surface area contributed by atoms with Gasteiger partial charge in [0.15, 0.2) is 0 Å². The van der Waals surface area contributed by atoms with Crippen molar-refractivity contribution < 1.29 is 28.6 Å². The van der Waals surface area contributed by atoms with Crippen molar-refractivity contribution in [2.75, 3.05) is 14.2 Å². The summed E-state index contributed by atoms with van der Waals surface area (Å²) in [6.07, 6.45) is 0. The molecule has 7 heteroatoms. The van der Waals surface area contributed by atoms with E-state index in [-0.39, 0.29) is 17.9 Å². The summed E-state index contributed by atoms with van der Waals surface area (Å²) in [7, 11) is 3.04. The molecule has 170 valence electrons. The summed E-state index contributed by atoms with van der Waals surface area (Å²) in [4.78, 5) is 27.8. The van der Waals surface area contributed by atoms with Crippen molar-refractivity contribution >= 4 is 17.4 Å². The van der Waals surface area contributed by atoms with Gasteiger partial charge >= 0.3 is 0 Å². The molecule has 1 aliphatic rings. The van der Waals surface area contributed by atoms with Gasteiger partial charge in [-0.1, -0.05) is 23.8 Å². The van der Waals surface area contributed by atoms with Crippen LogP contribution in [-0.4, -0.2) is 35.9 Å². The van der Waals surface area contributed by atoms with Crippen molar-refractivity contribution in [1.82, 2.24) is 4.90 Å². The molecule has 1 unspecified atom stereocenters. The van der Waals surface area contributed by atoms with Crippen molar-refractivity contribution in [1.29, 1.82) is 0 Å². The average molecular weight is 447 g/mol. The maximum Gasteiger partial charge on any atom is 0.296 e. The Morgan fingerprint density at radius 3 is 2.48 bits per heavy atom. The van der Waals surface area contributed by atoms with Crippen LogP contribution in [-0.2, 0) is 16.1 Å². The number of aliphatic hydroxyl groups is 1. The van der Waals surface area contributed by atoms with Gasteiger partial charge in [-0.3, -0.25) is 9.59 Å². The minimum absolute atomic E-state index is 0.0406. The number of Topliss-reactive ketones (excluding diaryl/α,β-unsaturated/α-hetero) is 1. The Morgan fingerprint density at radius 2 is 1.82 bits per heavy atom. The van der Waals surface area contributed by atoms with Gasteiger partial charge in [0, 0.05) is 6.54 Å². The van der Waals surface area contributed by atoms with E-state index < -0.39 is 17.7 Å². The van der Waals surface area contributed by atoms with Gasteiger partial charge in [0.25, 0.3) is 11.7 Å². The van der Waals surface area contributed by atoms with Gasteiger partial charge in [-0.2, -0.15) is 0 Å². The normalized spacial score (nSPS) is 17.5. The molecule has 1 N–H and O–H groups in total. The van der Waals surface area contributed by atoms with Crippen molar-refractivity contribution in [2.45, 2.75) is 26.4 Å². The number of aryl methyl sites for hydroxylation is 2. The van der Waals surface area contributed by atoms with Crippen LogP contribution in [0.3, 0.4) is 0 Å². The summed E-state index contributed by atoms with van der Waals surface area (Å²) in [5.74, 6) is 0.252. The molecule has 1 aliphatic heterocycles. The third-order valence-corrected chi connectivity index (χ3v) is 5.67. The molecule has 4 rings (SSSR count). The number of carbonyl (C=O) groups excluding carboxylic acids is 2. The summed E-state index contributed by atoms with van der Waals surface area (Å²) in [5.41, 5.74) is 1.94. The fraction of sp³-hybridized carbons (Fsp3) is 0.231. The highest BCUT2D eigenvalue weighted by Crippen LogP contribution is 2.42. The molecule has 0 bridgehead atoms. The highest BCUT2D eigenvalue weighted by atomic mass is 16.5. The Hall–Kier alpha value is -4.00. The van der Waals surface area contributed by atoms with E-state index in [9.17, 15) is 14.7 Å². The molecule has 1 atom stereocenters. The molecule has 2 heterocycles. The number of ether oxygens (including phenoxy) is 2. The van der Waals surface area contributed by atoms with Gasteiger partial charge in [0.1, 0.15) is 34.8 Å². The van der Waals surface area contributed by atoms with Gasteiger partial charge in [0.2, 0.25) is 0 Å². The predicted octanol–water partition coefficient (Wildman–Crippen LogP) is 4.54. The van der Waals surface area contributed by atoms with Crippen LogP contribution in [0.15, 0.2) is 64.6 Å². The molecule has 1 saturated heterocycles. The number of aliphatic hydroxyl groups excluding tert-OH is 1. The number of rotatable bonds is 6. The summed E-state index contributed by atoms with van der Waals surface area (Å²) in [6.45, 7) is 3.78. The smallest absolute Gasteiger partial charge is 0.296 e. The van der Waals surface area contributed by atoms with E-state index in [1.807, 2.05) is 25.1 Å². The van der Waals surface area contributed by atoms with E-state index in [0.29, 0.717) is 28.6 Å². The predicted molar refractivity (Wildman–Crippen MR) is 122 cm³/mol. The monoisotopic (exact) mass is 447 g/mol. The largest absolute Gasteiger partial charge is 0.507 e. The van der Waals surface area contributed by atoms with Crippen LogP contribution in [0.4, 0.5) is 0 Å². The second-order valence-corrected chi connectivity index (χ2v) is 7.93. The lowest BCUT2D eigenvalue weighted by atomic mass is 9.97. The molecular formula is C26H25NO6. The first-order valence-electron chi connectivity index (χ1n) is 10.5. The summed E-state index contributed by atoms with van der Waals surface area (Å²) >= 11 is 0. The van der Waals surface area contributed by atoms with Gasteiger partial charge in [-0.15, -0.1) is 0 Å². The Morgan fingerprint density at radius 1 is 1.03 bits per heavy atom. The highest BCUT2D eigenvalue weighted by Gasteiger charge is 2.47. The number of amides is 1. The third kappa shape index (κ3) is 4.09. The molecule has 0 saturated carbocycles. The van der Waals surface area contributed by atoms with Crippen LogP contribution in [0.25, 0.3) is 5.76 Å². The van der Waals surface area contributed by atoms with Crippen LogP contribution in [0, 0.1) is 13.8 Å². The quantitative estimate of drug-likeness (QED) is 0.339. The third-order valence-electron chi connectivity index (χ3n) is 5.67. The van der Waals surface area contributed by atoms with E-state index >= 15 is 0 Å². The molecule has 1 aromatic heterocycles. The zero-order chi connectivity index (χ0) is 23.7. The first-order chi connectivity index (χ1) is 15.8. The number of likely N-dealkylation sites (tertiary alicyclic amines) is 1. The first-order valence-corrected chi connectivity index (χ1v) is 10.5. The molecule has 1 fully saturated rings. The van der Waals surface area contributed by atoms with E-state index in [2.05, 4.69) is 0 Å². The molecular weight excluding hydrogens is 422 g/mol. The van der Waals surface area contributed by atoms with E-state index in [0.717, 1.165) is 11.1 Å². The topological polar surface area (TPSA) is 89.2 Å². The van der Waals surface area contributed by atoms with Crippen molar-refractivity contribution in [2.24, 2.45) is 0 Å². The molecule has 33 heavy (non-hydrogen) atoms. The SMILES string of the molecule is COc1cccc(CN2C(=O)C(=O)/C(=C(/O)c3cc(C)ccc3OC)C2c2ccc(C)o2)c1. The second-order valence-electron chi connectivity index (χ2n) is 7.93. The highest BCUT2D eigenvalue weighted by molar-refractivity contribution is 6.46. The Balaban J connectivity index is 1.87. The number of benzene rings is 2. The number of furan rings is 1. The van der Waals surface area contributed by atoms with E-state index in [1.165, 1.54) is 12.0 Å². The first kappa shape index (κ1) is 22.2. The van der Waals surface area contributed by atoms with Crippen LogP contribution in [0.1, 0.15) is 34.3 Å². The van der Waals surface area contributed by atoms with Crippen molar-refractivity contribution in [3.63, 3.8) is 0 Å². The standard InChI is InChI=1S/C26H25NO6/c1-15-8-10-20(32-4)19(12-15)24(28)22-23(21-11-9-16(2)33-21)27(26(30)25(22)29)14-17-6-5-7-18(13-17)31-3/h5-13,23,28H,14H2,1-4H3/b24-22+. The Labute approximate surface area is 191 Å². The number of nitrogens with zero attached hydrogens (tertiary/aromatic N) is 1. The van der Waals surface area contributed by atoms with Crippen LogP contribution in [0.5, 0.6) is 11.5 Å². The summed E-state index contributed by atoms with van der Waals surface area (Å²) in [6, 6.07) is 15.1. The average Bonchev–Trinajstić information content (AvgIpc) is 3.35. The van der Waals surface area contributed by atoms with Gasteiger partial charge < -0.3 is 23.9 Å². The maximum absolute atomic E-state index is 13.2. The van der Waals surface area contributed by atoms with Crippen LogP contribution in [0.2, 0.25) is 0 Å². The minimum atomic E-state index is -0.893. The van der Waals surface area contributed by atoms with E-state index in [1.54, 1.807) is 50.4 Å². The Kier molecular flexibility index (Phi) is 5.96. The molecule has 1 amide bonds. The van der Waals surface area contributed by atoms with Crippen molar-refractivity contribution in [3.05, 3.63) is 88.4 Å². The number of carbonyl (C=O) groups is 2. The lowest BCUT2D eigenvalue weighted by Crippen LogP contribution is -2.29. The van der Waals surface area contributed by atoms with E-state index in [4.69, 9.17) is 13.9 Å². The number of hydrogen-bond acceptors (Lipinski definition) is 6. The van der Waals surface area contributed by atoms with Gasteiger partial charge in [-0.05, 0) is 55.8 Å². The molecule has 0 aliphatic carbocycles. The Bertz CT molecular complexity index is 1260. The minimum Gasteiger partial charge on any atom is -0.507 e. The molecule has 3 aromatic rings. The lowest BCUT2D eigenvalue weighted by molar-refractivity contribution is -0.140. The molecule has 0 spiro atoms. The van der Waals surface area contributed by atoms with Gasteiger partial charge in [-0.25, -0.2) is 0 Å². The number of ketones is 1. The zero-order valence-corrected chi connectivity index (χ0v) is 18.9.